The van der Waals surface area contributed by atoms with Crippen molar-refractivity contribution in [3.63, 3.8) is 0 Å². The maximum Gasteiger partial charge on any atom is 0.319 e. The number of carbonyl (C=O) groups excluding carboxylic acids is 2. The first-order valence-corrected chi connectivity index (χ1v) is 9.56. The van der Waals surface area contributed by atoms with Gasteiger partial charge in [0, 0.05) is 24.5 Å². The summed E-state index contributed by atoms with van der Waals surface area (Å²) in [5.74, 6) is -0.112. The summed E-state index contributed by atoms with van der Waals surface area (Å²) < 4.78 is 0. The summed E-state index contributed by atoms with van der Waals surface area (Å²) in [4.78, 5) is 23.2. The Morgan fingerprint density at radius 3 is 2.12 bits per heavy atom. The second kappa shape index (κ2) is 10.3. The second-order valence-corrected chi connectivity index (χ2v) is 6.54. The van der Waals surface area contributed by atoms with Gasteiger partial charge in [0.2, 0.25) is 5.91 Å². The first kappa shape index (κ1) is 20.4. The Kier molecular flexibility index (Phi) is 8.03. The number of para-hydroxylation sites is 1. The number of rotatable bonds is 7. The molecule has 2 aromatic carbocycles. The van der Waals surface area contributed by atoms with Crippen LogP contribution in [0.1, 0.15) is 0 Å². The molecule has 138 valence electrons. The quantitative estimate of drug-likeness (QED) is 0.361. The lowest BCUT2D eigenvalue weighted by atomic mass is 10.2. The number of anilines is 3. The van der Waals surface area contributed by atoms with Gasteiger partial charge in [0.05, 0.1) is 21.1 Å². The third-order valence-corrected chi connectivity index (χ3v) is 4.37. The molecule has 6 nitrogen and oxygen atoms in total. The van der Waals surface area contributed by atoms with Gasteiger partial charge in [-0.3, -0.25) is 4.79 Å². The standard InChI is InChI=1S/C17H17BrCl2N4O2/c18-10-15(25)23-12-6-4-11(5-7-12)21-8-9-22-17(26)24-16-13(19)2-1-3-14(16)20/h1-7,21H,8-10H2,(H,23,25)(H2,22,24,26). The maximum absolute atomic E-state index is 11.9. The summed E-state index contributed by atoms with van der Waals surface area (Å²) >= 11 is 15.1. The molecule has 0 aliphatic carbocycles. The van der Waals surface area contributed by atoms with E-state index >= 15 is 0 Å². The SMILES string of the molecule is O=C(CBr)Nc1ccc(NCCNC(=O)Nc2c(Cl)cccc2Cl)cc1. The Morgan fingerprint density at radius 1 is 0.885 bits per heavy atom. The summed E-state index contributed by atoms with van der Waals surface area (Å²) in [6.45, 7) is 0.923. The van der Waals surface area contributed by atoms with Gasteiger partial charge < -0.3 is 21.3 Å². The number of halogens is 3. The summed E-state index contributed by atoms with van der Waals surface area (Å²) in [6.07, 6.45) is 0. The van der Waals surface area contributed by atoms with Crippen molar-refractivity contribution in [2.45, 2.75) is 0 Å². The fourth-order valence-electron chi connectivity index (χ4n) is 2.02. The molecule has 9 heteroatoms. The number of urea groups is 1. The molecule has 0 aliphatic rings. The van der Waals surface area contributed by atoms with Crippen molar-refractivity contribution in [1.82, 2.24) is 5.32 Å². The Balaban J connectivity index is 1.73. The Hall–Kier alpha value is -1.96. The number of hydrogen-bond acceptors (Lipinski definition) is 3. The molecule has 0 saturated heterocycles. The van der Waals surface area contributed by atoms with E-state index in [-0.39, 0.29) is 11.2 Å². The zero-order valence-corrected chi connectivity index (χ0v) is 16.7. The van der Waals surface area contributed by atoms with Gasteiger partial charge in [-0.25, -0.2) is 4.79 Å². The van der Waals surface area contributed by atoms with Crippen LogP contribution in [0.4, 0.5) is 21.9 Å². The molecule has 0 unspecified atom stereocenters. The first-order valence-electron chi connectivity index (χ1n) is 7.68. The molecule has 0 spiro atoms. The van der Waals surface area contributed by atoms with Crippen molar-refractivity contribution in [3.8, 4) is 0 Å². The molecule has 26 heavy (non-hydrogen) atoms. The number of hydrogen-bond donors (Lipinski definition) is 4. The molecule has 2 aromatic rings. The van der Waals surface area contributed by atoms with E-state index in [2.05, 4.69) is 37.2 Å². The molecule has 0 bridgehead atoms. The first-order chi connectivity index (χ1) is 12.5. The van der Waals surface area contributed by atoms with E-state index in [0.717, 1.165) is 5.69 Å². The van der Waals surface area contributed by atoms with Crippen molar-refractivity contribution < 1.29 is 9.59 Å². The maximum atomic E-state index is 11.9. The van der Waals surface area contributed by atoms with Crippen molar-refractivity contribution >= 4 is 68.1 Å². The van der Waals surface area contributed by atoms with Crippen LogP contribution < -0.4 is 21.3 Å². The van der Waals surface area contributed by atoms with E-state index < -0.39 is 6.03 Å². The predicted molar refractivity (Wildman–Crippen MR) is 111 cm³/mol. The van der Waals surface area contributed by atoms with Crippen LogP contribution in [0, 0.1) is 0 Å². The van der Waals surface area contributed by atoms with Gasteiger partial charge in [0.15, 0.2) is 0 Å². The van der Waals surface area contributed by atoms with E-state index in [0.29, 0.717) is 34.5 Å². The molecule has 0 saturated carbocycles. The largest absolute Gasteiger partial charge is 0.383 e. The van der Waals surface area contributed by atoms with Crippen molar-refractivity contribution in [3.05, 3.63) is 52.5 Å². The highest BCUT2D eigenvalue weighted by atomic mass is 79.9. The van der Waals surface area contributed by atoms with E-state index in [1.165, 1.54) is 0 Å². The Bertz CT molecular complexity index is 752. The number of amides is 3. The number of alkyl halides is 1. The molecule has 2 rings (SSSR count). The van der Waals surface area contributed by atoms with Crippen LogP contribution in [0.5, 0.6) is 0 Å². The van der Waals surface area contributed by atoms with Gasteiger partial charge in [-0.1, -0.05) is 45.2 Å². The lowest BCUT2D eigenvalue weighted by Gasteiger charge is -2.11. The van der Waals surface area contributed by atoms with Gasteiger partial charge >= 0.3 is 6.03 Å². The number of benzene rings is 2. The minimum atomic E-state index is -0.394. The lowest BCUT2D eigenvalue weighted by molar-refractivity contribution is -0.113. The third-order valence-electron chi connectivity index (χ3n) is 3.23. The van der Waals surface area contributed by atoms with Crippen LogP contribution in [0.15, 0.2) is 42.5 Å². The average molecular weight is 460 g/mol. The van der Waals surface area contributed by atoms with E-state index in [1.807, 2.05) is 12.1 Å². The van der Waals surface area contributed by atoms with Gasteiger partial charge in [0.25, 0.3) is 0 Å². The van der Waals surface area contributed by atoms with E-state index in [9.17, 15) is 9.59 Å². The van der Waals surface area contributed by atoms with Crippen molar-refractivity contribution in [2.75, 3.05) is 34.4 Å². The average Bonchev–Trinajstić information content (AvgIpc) is 2.63. The molecule has 0 fully saturated rings. The zero-order chi connectivity index (χ0) is 18.9. The molecule has 0 heterocycles. The minimum absolute atomic E-state index is 0.112. The van der Waals surface area contributed by atoms with E-state index in [1.54, 1.807) is 30.3 Å². The highest BCUT2D eigenvalue weighted by Gasteiger charge is 2.08. The molecule has 0 aromatic heterocycles. The molecule has 4 N–H and O–H groups in total. The van der Waals surface area contributed by atoms with Crippen LogP contribution in [0.2, 0.25) is 10.0 Å². The number of carbonyl (C=O) groups is 2. The van der Waals surface area contributed by atoms with Gasteiger partial charge in [-0.2, -0.15) is 0 Å². The molecule has 3 amide bonds. The van der Waals surface area contributed by atoms with Gasteiger partial charge in [-0.15, -0.1) is 0 Å². The third kappa shape index (κ3) is 6.40. The van der Waals surface area contributed by atoms with Gasteiger partial charge in [-0.05, 0) is 36.4 Å². The van der Waals surface area contributed by atoms with Gasteiger partial charge in [0.1, 0.15) is 0 Å². The van der Waals surface area contributed by atoms with E-state index in [4.69, 9.17) is 23.2 Å². The summed E-state index contributed by atoms with van der Waals surface area (Å²) in [6, 6.07) is 11.9. The number of nitrogens with one attached hydrogen (secondary N) is 4. The minimum Gasteiger partial charge on any atom is -0.383 e. The monoisotopic (exact) mass is 458 g/mol. The molecule has 0 radical (unpaired) electrons. The van der Waals surface area contributed by atoms with Crippen molar-refractivity contribution in [1.29, 1.82) is 0 Å². The van der Waals surface area contributed by atoms with Crippen LogP contribution >= 0.6 is 39.1 Å². The molecular weight excluding hydrogens is 443 g/mol. The highest BCUT2D eigenvalue weighted by Crippen LogP contribution is 2.29. The smallest absolute Gasteiger partial charge is 0.319 e. The molecule has 0 atom stereocenters. The second-order valence-electron chi connectivity index (χ2n) is 5.16. The fraction of sp³-hybridized carbons (Fsp3) is 0.176. The summed E-state index contributed by atoms with van der Waals surface area (Å²) in [7, 11) is 0. The topological polar surface area (TPSA) is 82.3 Å². The fourth-order valence-corrected chi connectivity index (χ4v) is 2.66. The molecular formula is C17H17BrCl2N4O2. The lowest BCUT2D eigenvalue weighted by Crippen LogP contribution is -2.32. The normalized spacial score (nSPS) is 10.1. The van der Waals surface area contributed by atoms with Crippen LogP contribution in [0.3, 0.4) is 0 Å². The molecule has 0 aliphatic heterocycles. The van der Waals surface area contributed by atoms with Crippen LogP contribution in [-0.4, -0.2) is 30.4 Å². The Labute approximate surface area is 169 Å². The predicted octanol–water partition coefficient (Wildman–Crippen LogP) is 4.56. The highest BCUT2D eigenvalue weighted by molar-refractivity contribution is 9.09. The zero-order valence-electron chi connectivity index (χ0n) is 13.6. The summed E-state index contributed by atoms with van der Waals surface area (Å²) in [5.41, 5.74) is 1.97. The van der Waals surface area contributed by atoms with Crippen LogP contribution in [0.25, 0.3) is 0 Å². The van der Waals surface area contributed by atoms with Crippen molar-refractivity contribution in [2.24, 2.45) is 0 Å². The summed E-state index contributed by atoms with van der Waals surface area (Å²) in [5, 5.41) is 12.2. The van der Waals surface area contributed by atoms with Crippen LogP contribution in [-0.2, 0) is 4.79 Å². The Morgan fingerprint density at radius 2 is 1.50 bits per heavy atom.